The zero-order chi connectivity index (χ0) is 16.1. The highest BCUT2D eigenvalue weighted by Gasteiger charge is 2.10. The second-order valence-electron chi connectivity index (χ2n) is 4.43. The van der Waals surface area contributed by atoms with Crippen LogP contribution in [-0.2, 0) is 4.79 Å². The zero-order valence-electron chi connectivity index (χ0n) is 11.8. The fraction of sp³-hybridized carbons (Fsp3) is 0.0667. The van der Waals surface area contributed by atoms with Crippen LogP contribution < -0.4 is 5.32 Å². The quantitative estimate of drug-likeness (QED) is 0.695. The number of carbonyl (C=O) groups is 1. The first kappa shape index (κ1) is 15.9. The molecule has 0 fully saturated rings. The van der Waals surface area contributed by atoms with E-state index in [1.54, 1.807) is 24.5 Å². The van der Waals surface area contributed by atoms with E-state index in [4.69, 9.17) is 11.6 Å². The van der Waals surface area contributed by atoms with Crippen LogP contribution in [0.2, 0.25) is 5.02 Å². The molecule has 0 aliphatic rings. The molecule has 1 aromatic carbocycles. The number of nitrogens with one attached hydrogen (secondary N) is 1. The number of amides is 1. The maximum atomic E-state index is 12.0. The summed E-state index contributed by atoms with van der Waals surface area (Å²) in [7, 11) is 0. The average molecular weight is 363 g/mol. The van der Waals surface area contributed by atoms with E-state index in [1.807, 2.05) is 24.3 Å². The highest BCUT2D eigenvalue weighted by molar-refractivity contribution is 8.01. The molecule has 0 spiro atoms. The van der Waals surface area contributed by atoms with E-state index in [-0.39, 0.29) is 11.7 Å². The Morgan fingerprint density at radius 2 is 1.96 bits per heavy atom. The molecule has 0 saturated heterocycles. The van der Waals surface area contributed by atoms with Crippen LogP contribution in [0, 0.1) is 0 Å². The van der Waals surface area contributed by atoms with E-state index in [2.05, 4.69) is 20.5 Å². The average Bonchev–Trinajstić information content (AvgIpc) is 3.05. The van der Waals surface area contributed by atoms with Crippen molar-refractivity contribution in [2.24, 2.45) is 0 Å². The standard InChI is InChI=1S/C15H11ClN4OS2/c16-11-3-1-2-4-12(11)18-13(21)9-22-15-20-19-14(23-15)10-5-7-17-8-6-10/h1-8H,9H2,(H,18,21). The van der Waals surface area contributed by atoms with Gasteiger partial charge < -0.3 is 5.32 Å². The Hall–Kier alpha value is -1.96. The molecule has 2 aromatic heterocycles. The van der Waals surface area contributed by atoms with Gasteiger partial charge in [-0.1, -0.05) is 46.8 Å². The van der Waals surface area contributed by atoms with Gasteiger partial charge >= 0.3 is 0 Å². The number of nitrogens with zero attached hydrogens (tertiary/aromatic N) is 3. The number of rotatable bonds is 5. The van der Waals surface area contributed by atoms with E-state index in [0.717, 1.165) is 14.9 Å². The third kappa shape index (κ3) is 4.28. The van der Waals surface area contributed by atoms with Gasteiger partial charge in [0, 0.05) is 18.0 Å². The van der Waals surface area contributed by atoms with Gasteiger partial charge in [-0.25, -0.2) is 0 Å². The third-order valence-electron chi connectivity index (χ3n) is 2.81. The van der Waals surface area contributed by atoms with Crippen LogP contribution in [0.1, 0.15) is 0 Å². The van der Waals surface area contributed by atoms with Crippen LogP contribution in [-0.4, -0.2) is 26.8 Å². The van der Waals surface area contributed by atoms with E-state index in [0.29, 0.717) is 10.7 Å². The Labute approximate surface area is 146 Å². The zero-order valence-corrected chi connectivity index (χ0v) is 14.2. The van der Waals surface area contributed by atoms with Crippen LogP contribution in [0.25, 0.3) is 10.6 Å². The molecule has 1 N–H and O–H groups in total. The van der Waals surface area contributed by atoms with Gasteiger partial charge in [0.25, 0.3) is 0 Å². The predicted molar refractivity (Wildman–Crippen MR) is 93.9 cm³/mol. The van der Waals surface area contributed by atoms with Gasteiger partial charge in [-0.3, -0.25) is 9.78 Å². The van der Waals surface area contributed by atoms with E-state index in [1.165, 1.54) is 23.1 Å². The SMILES string of the molecule is O=C(CSc1nnc(-c2ccncc2)s1)Nc1ccccc1Cl. The summed E-state index contributed by atoms with van der Waals surface area (Å²) in [5.41, 5.74) is 1.57. The minimum atomic E-state index is -0.135. The number of carbonyl (C=O) groups excluding carboxylic acids is 1. The summed E-state index contributed by atoms with van der Waals surface area (Å²) in [6, 6.07) is 10.9. The van der Waals surface area contributed by atoms with Crippen molar-refractivity contribution in [3.63, 3.8) is 0 Å². The first-order valence-electron chi connectivity index (χ1n) is 6.63. The molecule has 0 unspecified atom stereocenters. The predicted octanol–water partition coefficient (Wildman–Crippen LogP) is 3.98. The Balaban J connectivity index is 1.58. The monoisotopic (exact) mass is 362 g/mol. The largest absolute Gasteiger partial charge is 0.324 e. The minimum absolute atomic E-state index is 0.135. The molecule has 0 atom stereocenters. The Morgan fingerprint density at radius 1 is 1.17 bits per heavy atom. The first-order chi connectivity index (χ1) is 11.2. The van der Waals surface area contributed by atoms with Gasteiger partial charge in [0.1, 0.15) is 5.01 Å². The maximum absolute atomic E-state index is 12.0. The van der Waals surface area contributed by atoms with Crippen molar-refractivity contribution in [1.82, 2.24) is 15.2 Å². The number of pyridine rings is 1. The molecule has 0 saturated carbocycles. The molecular weight excluding hydrogens is 352 g/mol. The molecule has 3 rings (SSSR count). The van der Waals surface area contributed by atoms with Crippen LogP contribution in [0.15, 0.2) is 53.1 Å². The molecule has 0 bridgehead atoms. The molecule has 23 heavy (non-hydrogen) atoms. The molecule has 116 valence electrons. The maximum Gasteiger partial charge on any atom is 0.234 e. The smallest absolute Gasteiger partial charge is 0.234 e. The van der Waals surface area contributed by atoms with Gasteiger partial charge in [-0.2, -0.15) is 0 Å². The number of halogens is 1. The molecule has 1 amide bonds. The van der Waals surface area contributed by atoms with Crippen molar-refractivity contribution in [1.29, 1.82) is 0 Å². The number of benzene rings is 1. The Kier molecular flexibility index (Phi) is 5.22. The van der Waals surface area contributed by atoms with Gasteiger partial charge in [0.2, 0.25) is 5.91 Å². The molecule has 5 nitrogen and oxygen atoms in total. The van der Waals surface area contributed by atoms with Crippen LogP contribution >= 0.6 is 34.7 Å². The van der Waals surface area contributed by atoms with Crippen molar-refractivity contribution >= 4 is 46.3 Å². The first-order valence-corrected chi connectivity index (χ1v) is 8.81. The summed E-state index contributed by atoms with van der Waals surface area (Å²) < 4.78 is 0.742. The summed E-state index contributed by atoms with van der Waals surface area (Å²) in [5, 5.41) is 12.3. The Morgan fingerprint density at radius 3 is 2.74 bits per heavy atom. The molecule has 2 heterocycles. The van der Waals surface area contributed by atoms with Crippen molar-refractivity contribution in [3.8, 4) is 10.6 Å². The fourth-order valence-electron chi connectivity index (χ4n) is 1.76. The van der Waals surface area contributed by atoms with Crippen LogP contribution in [0.4, 0.5) is 5.69 Å². The summed E-state index contributed by atoms with van der Waals surface area (Å²) >= 11 is 8.80. The molecule has 0 aliphatic carbocycles. The Bertz CT molecular complexity index is 810. The number of hydrogen-bond acceptors (Lipinski definition) is 6. The van der Waals surface area contributed by atoms with Crippen LogP contribution in [0.3, 0.4) is 0 Å². The number of anilines is 1. The van der Waals surface area contributed by atoms with Gasteiger partial charge in [-0.15, -0.1) is 10.2 Å². The molecular formula is C15H11ClN4OS2. The normalized spacial score (nSPS) is 10.5. The summed E-state index contributed by atoms with van der Waals surface area (Å²) in [6.07, 6.45) is 3.42. The number of aromatic nitrogens is 3. The molecule has 3 aromatic rings. The van der Waals surface area contributed by atoms with Crippen molar-refractivity contribution in [2.45, 2.75) is 4.34 Å². The van der Waals surface area contributed by atoms with Crippen molar-refractivity contribution in [3.05, 3.63) is 53.8 Å². The summed E-state index contributed by atoms with van der Waals surface area (Å²) in [6.45, 7) is 0. The lowest BCUT2D eigenvalue weighted by Gasteiger charge is -2.05. The van der Waals surface area contributed by atoms with Crippen LogP contribution in [0.5, 0.6) is 0 Å². The number of hydrogen-bond donors (Lipinski definition) is 1. The molecule has 8 heteroatoms. The number of para-hydroxylation sites is 1. The van der Waals surface area contributed by atoms with Gasteiger partial charge in [0.15, 0.2) is 4.34 Å². The van der Waals surface area contributed by atoms with Crippen molar-refractivity contribution in [2.75, 3.05) is 11.1 Å². The summed E-state index contributed by atoms with van der Waals surface area (Å²) in [5.74, 6) is 0.111. The molecule has 0 radical (unpaired) electrons. The second kappa shape index (κ2) is 7.54. The number of thioether (sulfide) groups is 1. The van der Waals surface area contributed by atoms with E-state index >= 15 is 0 Å². The lowest BCUT2D eigenvalue weighted by atomic mass is 10.3. The minimum Gasteiger partial charge on any atom is -0.324 e. The topological polar surface area (TPSA) is 67.8 Å². The fourth-order valence-corrected chi connectivity index (χ4v) is 3.60. The van der Waals surface area contributed by atoms with E-state index in [9.17, 15) is 4.79 Å². The lowest BCUT2D eigenvalue weighted by Crippen LogP contribution is -2.14. The third-order valence-corrected chi connectivity index (χ3v) is 5.24. The highest BCUT2D eigenvalue weighted by atomic mass is 35.5. The van der Waals surface area contributed by atoms with Gasteiger partial charge in [0.05, 0.1) is 16.5 Å². The van der Waals surface area contributed by atoms with Gasteiger partial charge in [-0.05, 0) is 24.3 Å². The second-order valence-corrected chi connectivity index (χ2v) is 7.03. The summed E-state index contributed by atoms with van der Waals surface area (Å²) in [4.78, 5) is 15.9. The van der Waals surface area contributed by atoms with E-state index < -0.39 is 0 Å². The highest BCUT2D eigenvalue weighted by Crippen LogP contribution is 2.29. The van der Waals surface area contributed by atoms with Crippen molar-refractivity contribution < 1.29 is 4.79 Å². The lowest BCUT2D eigenvalue weighted by molar-refractivity contribution is -0.113. The molecule has 0 aliphatic heterocycles.